The summed E-state index contributed by atoms with van der Waals surface area (Å²) in [6.07, 6.45) is 1.24. The van der Waals surface area contributed by atoms with Crippen molar-refractivity contribution in [2.75, 3.05) is 0 Å². The molecule has 0 aliphatic heterocycles. The number of carbonyl (C=O) groups is 1. The molecule has 0 aliphatic rings. The van der Waals surface area contributed by atoms with Crippen molar-refractivity contribution in [3.8, 4) is 11.1 Å². The summed E-state index contributed by atoms with van der Waals surface area (Å²) in [5.74, 6) is -0.00765. The number of hydrogen-bond donors (Lipinski definition) is 0. The molecule has 0 fully saturated rings. The van der Waals surface area contributed by atoms with Crippen LogP contribution in [0.3, 0.4) is 0 Å². The van der Waals surface area contributed by atoms with Crippen molar-refractivity contribution in [3.05, 3.63) is 99.6 Å². The molecule has 26 heavy (non-hydrogen) atoms. The van der Waals surface area contributed by atoms with E-state index >= 15 is 0 Å². The van der Waals surface area contributed by atoms with Gasteiger partial charge in [0.15, 0.2) is 5.78 Å². The number of carbonyl (C=O) groups excluding carboxylic acids is 1. The zero-order valence-corrected chi connectivity index (χ0v) is 14.5. The Balaban J connectivity index is 1.70. The molecule has 0 aromatic heterocycles. The summed E-state index contributed by atoms with van der Waals surface area (Å²) in [7, 11) is 0. The first kappa shape index (κ1) is 17.5. The molecule has 0 amide bonds. The Morgan fingerprint density at radius 3 is 1.81 bits per heavy atom. The molecule has 0 heterocycles. The van der Waals surface area contributed by atoms with E-state index in [0.717, 1.165) is 23.1 Å². The Bertz CT molecular complexity index is 911. The number of nitro benzene ring substituents is 1. The lowest BCUT2D eigenvalue weighted by molar-refractivity contribution is -0.384. The first-order chi connectivity index (χ1) is 12.6. The van der Waals surface area contributed by atoms with Crippen molar-refractivity contribution in [3.63, 3.8) is 0 Å². The summed E-state index contributed by atoms with van der Waals surface area (Å²) < 4.78 is 0. The molecule has 0 N–H and O–H groups in total. The molecule has 130 valence electrons. The topological polar surface area (TPSA) is 60.2 Å². The zero-order valence-electron chi connectivity index (χ0n) is 14.5. The fraction of sp³-hybridized carbons (Fsp3) is 0.136. The Labute approximate surface area is 152 Å². The third kappa shape index (κ3) is 4.03. The van der Waals surface area contributed by atoms with Gasteiger partial charge >= 0.3 is 0 Å². The number of nitro groups is 1. The molecular formula is C22H19NO3. The largest absolute Gasteiger partial charge is 0.294 e. The molecule has 0 saturated heterocycles. The van der Waals surface area contributed by atoms with E-state index in [-0.39, 0.29) is 17.9 Å². The minimum Gasteiger partial charge on any atom is -0.294 e. The van der Waals surface area contributed by atoms with Gasteiger partial charge in [0.2, 0.25) is 0 Å². The van der Waals surface area contributed by atoms with Gasteiger partial charge in [0.1, 0.15) is 0 Å². The van der Waals surface area contributed by atoms with Crippen molar-refractivity contribution in [1.29, 1.82) is 0 Å². The Hall–Kier alpha value is -3.27. The molecule has 3 aromatic rings. The molecule has 3 aromatic carbocycles. The maximum Gasteiger partial charge on any atom is 0.269 e. The Kier molecular flexibility index (Phi) is 5.23. The van der Waals surface area contributed by atoms with E-state index in [1.54, 1.807) is 12.1 Å². The summed E-state index contributed by atoms with van der Waals surface area (Å²) in [6, 6.07) is 22.1. The number of hydrogen-bond acceptors (Lipinski definition) is 3. The minimum absolute atomic E-state index is 0.00765. The predicted octanol–water partition coefficient (Wildman–Crippen LogP) is 5.25. The van der Waals surface area contributed by atoms with Gasteiger partial charge in [0.25, 0.3) is 5.69 Å². The highest BCUT2D eigenvalue weighted by Gasteiger charge is 2.10. The van der Waals surface area contributed by atoms with E-state index in [4.69, 9.17) is 0 Å². The van der Waals surface area contributed by atoms with Gasteiger partial charge in [0, 0.05) is 24.1 Å². The lowest BCUT2D eigenvalue weighted by Crippen LogP contribution is -2.03. The molecule has 0 aliphatic carbocycles. The third-order valence-corrected chi connectivity index (χ3v) is 4.41. The number of benzene rings is 3. The van der Waals surface area contributed by atoms with Crippen LogP contribution >= 0.6 is 0 Å². The van der Waals surface area contributed by atoms with Crippen molar-refractivity contribution in [2.45, 2.75) is 19.8 Å². The second-order valence-electron chi connectivity index (χ2n) is 6.15. The first-order valence-electron chi connectivity index (χ1n) is 8.52. The summed E-state index contributed by atoms with van der Waals surface area (Å²) >= 11 is 0. The van der Waals surface area contributed by atoms with E-state index in [1.165, 1.54) is 17.7 Å². The molecule has 0 unspecified atom stereocenters. The molecular weight excluding hydrogens is 326 g/mol. The highest BCUT2D eigenvalue weighted by molar-refractivity contribution is 5.97. The van der Waals surface area contributed by atoms with Crippen molar-refractivity contribution in [1.82, 2.24) is 0 Å². The van der Waals surface area contributed by atoms with Crippen molar-refractivity contribution < 1.29 is 9.72 Å². The fourth-order valence-electron chi connectivity index (χ4n) is 2.80. The normalized spacial score (nSPS) is 10.5. The van der Waals surface area contributed by atoms with E-state index in [2.05, 4.69) is 31.2 Å². The number of aryl methyl sites for hydroxylation is 1. The van der Waals surface area contributed by atoms with Gasteiger partial charge in [0.05, 0.1) is 4.92 Å². The summed E-state index contributed by atoms with van der Waals surface area (Å²) in [5, 5.41) is 10.7. The Morgan fingerprint density at radius 2 is 1.31 bits per heavy atom. The molecule has 0 bridgehead atoms. The van der Waals surface area contributed by atoms with Crippen LogP contribution in [0.1, 0.15) is 28.4 Å². The average Bonchev–Trinajstić information content (AvgIpc) is 2.68. The zero-order chi connectivity index (χ0) is 18.5. The van der Waals surface area contributed by atoms with Crippen LogP contribution in [0.2, 0.25) is 0 Å². The predicted molar refractivity (Wildman–Crippen MR) is 102 cm³/mol. The van der Waals surface area contributed by atoms with Crippen molar-refractivity contribution >= 4 is 11.5 Å². The standard InChI is InChI=1S/C22H19NO3/c1-2-16-3-7-18(8-4-16)19-9-11-20(12-10-19)22(24)15-17-5-13-21(14-6-17)23(25)26/h3-14H,2,15H2,1H3. The van der Waals surface area contributed by atoms with Crippen LogP contribution in [-0.2, 0) is 12.8 Å². The van der Waals surface area contributed by atoms with Gasteiger partial charge in [-0.25, -0.2) is 0 Å². The molecule has 4 nitrogen and oxygen atoms in total. The van der Waals surface area contributed by atoms with E-state index < -0.39 is 4.92 Å². The number of Topliss-reactive ketones (excluding diaryl/α,β-unsaturated/α-hetero) is 1. The third-order valence-electron chi connectivity index (χ3n) is 4.41. The average molecular weight is 345 g/mol. The highest BCUT2D eigenvalue weighted by atomic mass is 16.6. The van der Waals surface area contributed by atoms with Crippen LogP contribution in [0.25, 0.3) is 11.1 Å². The minimum atomic E-state index is -0.447. The smallest absolute Gasteiger partial charge is 0.269 e. The van der Waals surface area contributed by atoms with E-state index in [0.29, 0.717) is 5.56 Å². The lowest BCUT2D eigenvalue weighted by atomic mass is 9.98. The van der Waals surface area contributed by atoms with Gasteiger partial charge in [-0.15, -0.1) is 0 Å². The maximum absolute atomic E-state index is 12.4. The summed E-state index contributed by atoms with van der Waals surface area (Å²) in [6.45, 7) is 2.13. The number of non-ortho nitro benzene ring substituents is 1. The van der Waals surface area contributed by atoms with Crippen LogP contribution in [0, 0.1) is 10.1 Å². The van der Waals surface area contributed by atoms with Crippen LogP contribution in [0.4, 0.5) is 5.69 Å². The first-order valence-corrected chi connectivity index (χ1v) is 8.52. The quantitative estimate of drug-likeness (QED) is 0.348. The molecule has 4 heteroatoms. The highest BCUT2D eigenvalue weighted by Crippen LogP contribution is 2.21. The maximum atomic E-state index is 12.4. The van der Waals surface area contributed by atoms with Crippen LogP contribution in [0.15, 0.2) is 72.8 Å². The summed E-state index contributed by atoms with van der Waals surface area (Å²) in [4.78, 5) is 22.7. The Morgan fingerprint density at radius 1 is 0.808 bits per heavy atom. The lowest BCUT2D eigenvalue weighted by Gasteiger charge is -2.06. The number of nitrogens with zero attached hydrogens (tertiary/aromatic N) is 1. The fourth-order valence-corrected chi connectivity index (χ4v) is 2.80. The molecule has 0 spiro atoms. The molecule has 0 saturated carbocycles. The SMILES string of the molecule is CCc1ccc(-c2ccc(C(=O)Cc3ccc([N+](=O)[O-])cc3)cc2)cc1. The monoisotopic (exact) mass is 345 g/mol. The second kappa shape index (κ2) is 7.74. The van der Waals surface area contributed by atoms with Gasteiger partial charge in [-0.3, -0.25) is 14.9 Å². The van der Waals surface area contributed by atoms with Crippen molar-refractivity contribution in [2.24, 2.45) is 0 Å². The van der Waals surface area contributed by atoms with Crippen LogP contribution < -0.4 is 0 Å². The van der Waals surface area contributed by atoms with Crippen LogP contribution in [0.5, 0.6) is 0 Å². The van der Waals surface area contributed by atoms with Gasteiger partial charge in [-0.2, -0.15) is 0 Å². The van der Waals surface area contributed by atoms with E-state index in [1.807, 2.05) is 24.3 Å². The number of rotatable bonds is 6. The van der Waals surface area contributed by atoms with E-state index in [9.17, 15) is 14.9 Å². The second-order valence-corrected chi connectivity index (χ2v) is 6.15. The molecule has 0 radical (unpaired) electrons. The molecule has 0 atom stereocenters. The van der Waals surface area contributed by atoms with Gasteiger partial charge in [-0.1, -0.05) is 67.6 Å². The summed E-state index contributed by atoms with van der Waals surface area (Å²) in [5.41, 5.74) is 4.91. The van der Waals surface area contributed by atoms with Crippen LogP contribution in [-0.4, -0.2) is 10.7 Å². The number of ketones is 1. The van der Waals surface area contributed by atoms with Gasteiger partial charge in [-0.05, 0) is 28.7 Å². The molecule has 3 rings (SSSR count). The van der Waals surface area contributed by atoms with Gasteiger partial charge < -0.3 is 0 Å².